The lowest BCUT2D eigenvalue weighted by atomic mass is 9.74. The van der Waals surface area contributed by atoms with Gasteiger partial charge in [0.1, 0.15) is 5.82 Å². The maximum Gasteiger partial charge on any atom is 0.263 e. The summed E-state index contributed by atoms with van der Waals surface area (Å²) in [4.78, 5) is 21.5. The summed E-state index contributed by atoms with van der Waals surface area (Å²) in [5, 5.41) is 16.7. The highest BCUT2D eigenvalue weighted by atomic mass is 16.1. The standard InChI is InChI=1S/C17H29N7O/c1-17(13(20-3)5-8-19-2)6-9-24(10-7-17)16-22-14(21-4)12(11-18)15(25)23-16/h5,8,11,13,18-20H,6-7,9-10H2,1-4H3,(H2,21,22,23,25)/b8-5-,18-11?. The smallest absolute Gasteiger partial charge is 0.263 e. The van der Waals surface area contributed by atoms with Gasteiger partial charge in [0.15, 0.2) is 0 Å². The quantitative estimate of drug-likeness (QED) is 0.466. The largest absolute Gasteiger partial charge is 0.394 e. The lowest BCUT2D eigenvalue weighted by molar-refractivity contribution is 0.200. The number of hydrogen-bond donors (Lipinski definition) is 5. The molecule has 1 fully saturated rings. The summed E-state index contributed by atoms with van der Waals surface area (Å²) in [6.07, 6.45) is 7.12. The molecule has 5 N–H and O–H groups in total. The second-order valence-electron chi connectivity index (χ2n) is 6.60. The van der Waals surface area contributed by atoms with Gasteiger partial charge in [-0.3, -0.25) is 9.78 Å². The molecule has 0 spiro atoms. The van der Waals surface area contributed by atoms with E-state index in [9.17, 15) is 4.79 Å². The van der Waals surface area contributed by atoms with Crippen LogP contribution in [0.5, 0.6) is 0 Å². The van der Waals surface area contributed by atoms with E-state index < -0.39 is 0 Å². The van der Waals surface area contributed by atoms with E-state index in [0.717, 1.165) is 32.1 Å². The summed E-state index contributed by atoms with van der Waals surface area (Å²) in [6.45, 7) is 3.93. The first-order valence-corrected chi connectivity index (χ1v) is 8.57. The first kappa shape index (κ1) is 19.0. The number of piperidine rings is 1. The molecule has 1 aromatic rings. The minimum absolute atomic E-state index is 0.139. The third kappa shape index (κ3) is 4.01. The van der Waals surface area contributed by atoms with Crippen LogP contribution in [-0.4, -0.2) is 56.5 Å². The van der Waals surface area contributed by atoms with Crippen molar-refractivity contribution in [2.75, 3.05) is 44.4 Å². The fourth-order valence-corrected chi connectivity index (χ4v) is 3.35. The Bertz CT molecular complexity index is 674. The lowest BCUT2D eigenvalue weighted by Gasteiger charge is -2.43. The number of aromatic amines is 1. The molecule has 0 amide bonds. The van der Waals surface area contributed by atoms with Crippen molar-refractivity contribution in [3.8, 4) is 0 Å². The van der Waals surface area contributed by atoms with Crippen LogP contribution in [0.1, 0.15) is 25.3 Å². The van der Waals surface area contributed by atoms with Crippen molar-refractivity contribution >= 4 is 18.0 Å². The molecule has 2 heterocycles. The first-order valence-electron chi connectivity index (χ1n) is 8.57. The average molecular weight is 347 g/mol. The predicted octanol–water partition coefficient (Wildman–Crippen LogP) is 0.737. The Balaban J connectivity index is 2.17. The molecule has 1 atom stereocenters. The Hall–Kier alpha value is -2.35. The zero-order chi connectivity index (χ0) is 18.4. The fourth-order valence-electron chi connectivity index (χ4n) is 3.35. The van der Waals surface area contributed by atoms with Gasteiger partial charge in [-0.2, -0.15) is 4.98 Å². The fraction of sp³-hybridized carbons (Fsp3) is 0.588. The van der Waals surface area contributed by atoms with E-state index >= 15 is 0 Å². The van der Waals surface area contributed by atoms with Crippen molar-refractivity contribution in [2.24, 2.45) is 5.41 Å². The van der Waals surface area contributed by atoms with E-state index in [1.165, 1.54) is 0 Å². The van der Waals surface area contributed by atoms with Crippen LogP contribution in [0.25, 0.3) is 0 Å². The van der Waals surface area contributed by atoms with Crippen LogP contribution in [0.4, 0.5) is 11.8 Å². The average Bonchev–Trinajstić information content (AvgIpc) is 2.62. The second kappa shape index (κ2) is 8.15. The van der Waals surface area contributed by atoms with Gasteiger partial charge < -0.3 is 26.3 Å². The third-order valence-electron chi connectivity index (χ3n) is 5.05. The van der Waals surface area contributed by atoms with Gasteiger partial charge in [0.2, 0.25) is 5.95 Å². The molecule has 0 radical (unpaired) electrons. The Morgan fingerprint density at radius 1 is 1.32 bits per heavy atom. The summed E-state index contributed by atoms with van der Waals surface area (Å²) < 4.78 is 0. The van der Waals surface area contributed by atoms with Crippen LogP contribution in [-0.2, 0) is 0 Å². The third-order valence-corrected chi connectivity index (χ3v) is 5.05. The van der Waals surface area contributed by atoms with Gasteiger partial charge in [-0.1, -0.05) is 13.0 Å². The topological polar surface area (TPSA) is 109 Å². The molecular formula is C17H29N7O. The van der Waals surface area contributed by atoms with Gasteiger partial charge in [0.25, 0.3) is 5.56 Å². The number of anilines is 2. The van der Waals surface area contributed by atoms with E-state index in [4.69, 9.17) is 5.41 Å². The van der Waals surface area contributed by atoms with Crippen molar-refractivity contribution in [3.05, 3.63) is 28.2 Å². The number of nitrogens with one attached hydrogen (secondary N) is 5. The molecule has 0 bridgehead atoms. The van der Waals surface area contributed by atoms with Crippen LogP contribution in [0.3, 0.4) is 0 Å². The molecule has 1 saturated heterocycles. The van der Waals surface area contributed by atoms with Gasteiger partial charge in [-0.05, 0) is 31.5 Å². The van der Waals surface area contributed by atoms with Gasteiger partial charge in [0.05, 0.1) is 5.56 Å². The lowest BCUT2D eigenvalue weighted by Crippen LogP contribution is -2.49. The Morgan fingerprint density at radius 2 is 2.00 bits per heavy atom. The molecule has 25 heavy (non-hydrogen) atoms. The van der Waals surface area contributed by atoms with Crippen LogP contribution in [0.2, 0.25) is 0 Å². The minimum Gasteiger partial charge on any atom is -0.394 e. The molecule has 0 aromatic carbocycles. The number of nitrogens with zero attached hydrogens (tertiary/aromatic N) is 2. The Kier molecular flexibility index (Phi) is 6.19. The monoisotopic (exact) mass is 347 g/mol. The number of aromatic nitrogens is 2. The maximum absolute atomic E-state index is 12.2. The molecule has 1 unspecified atom stereocenters. The number of likely N-dealkylation sites (N-methyl/N-ethyl adjacent to an activating group) is 1. The number of H-pyrrole nitrogens is 1. The van der Waals surface area contributed by atoms with Crippen molar-refractivity contribution in [1.82, 2.24) is 20.6 Å². The van der Waals surface area contributed by atoms with Crippen molar-refractivity contribution in [1.29, 1.82) is 5.41 Å². The number of rotatable bonds is 7. The predicted molar refractivity (Wildman–Crippen MR) is 103 cm³/mol. The van der Waals surface area contributed by atoms with Crippen LogP contribution in [0, 0.1) is 10.8 Å². The SMILES string of the molecule is CN/C=C\C(NC)C1(C)CCN(c2nc(NC)c(C=N)c(=O)[nH]2)CC1. The maximum atomic E-state index is 12.2. The minimum atomic E-state index is -0.289. The molecule has 138 valence electrons. The number of hydrogen-bond acceptors (Lipinski definition) is 7. The molecule has 8 nitrogen and oxygen atoms in total. The van der Waals surface area contributed by atoms with Crippen LogP contribution >= 0.6 is 0 Å². The summed E-state index contributed by atoms with van der Waals surface area (Å²) in [5.74, 6) is 1.00. The zero-order valence-corrected chi connectivity index (χ0v) is 15.4. The van der Waals surface area contributed by atoms with Gasteiger partial charge in [-0.15, -0.1) is 0 Å². The molecule has 1 aromatic heterocycles. The molecule has 0 saturated carbocycles. The molecule has 1 aliphatic heterocycles. The van der Waals surface area contributed by atoms with Crippen molar-refractivity contribution in [3.63, 3.8) is 0 Å². The highest BCUT2D eigenvalue weighted by Gasteiger charge is 2.36. The van der Waals surface area contributed by atoms with Crippen molar-refractivity contribution < 1.29 is 0 Å². The molecule has 0 aliphatic carbocycles. The Morgan fingerprint density at radius 3 is 2.52 bits per heavy atom. The van der Waals surface area contributed by atoms with E-state index in [1.807, 2.05) is 20.3 Å². The van der Waals surface area contributed by atoms with E-state index in [0.29, 0.717) is 11.8 Å². The van der Waals surface area contributed by atoms with Gasteiger partial charge in [0, 0.05) is 39.4 Å². The van der Waals surface area contributed by atoms with E-state index in [2.05, 4.69) is 43.8 Å². The zero-order valence-electron chi connectivity index (χ0n) is 15.4. The van der Waals surface area contributed by atoms with Crippen LogP contribution < -0.4 is 26.4 Å². The second-order valence-corrected chi connectivity index (χ2v) is 6.60. The molecule has 2 rings (SSSR count). The summed E-state index contributed by atoms with van der Waals surface area (Å²) in [5.41, 5.74) is 0.0999. The summed E-state index contributed by atoms with van der Waals surface area (Å²) in [7, 11) is 5.58. The van der Waals surface area contributed by atoms with Crippen LogP contribution in [0.15, 0.2) is 17.1 Å². The van der Waals surface area contributed by atoms with E-state index in [1.54, 1.807) is 7.05 Å². The molecular weight excluding hydrogens is 318 g/mol. The summed E-state index contributed by atoms with van der Waals surface area (Å²) in [6, 6.07) is 0.280. The van der Waals surface area contributed by atoms with Gasteiger partial charge >= 0.3 is 0 Å². The van der Waals surface area contributed by atoms with Gasteiger partial charge in [-0.25, -0.2) is 0 Å². The van der Waals surface area contributed by atoms with Crippen molar-refractivity contribution in [2.45, 2.75) is 25.8 Å². The first-order chi connectivity index (χ1) is 12.0. The molecule has 1 aliphatic rings. The summed E-state index contributed by atoms with van der Waals surface area (Å²) >= 11 is 0. The van der Waals surface area contributed by atoms with E-state index in [-0.39, 0.29) is 22.6 Å². The Labute approximate surface area is 148 Å². The molecule has 8 heteroatoms. The highest BCUT2D eigenvalue weighted by molar-refractivity contribution is 5.83. The normalized spacial score (nSPS) is 18.2. The highest BCUT2D eigenvalue weighted by Crippen LogP contribution is 2.36.